The number of aromatic nitrogens is 2. The maximum absolute atomic E-state index is 4.85. The summed E-state index contributed by atoms with van der Waals surface area (Å²) in [6.45, 7) is 8.97. The van der Waals surface area contributed by atoms with Crippen molar-refractivity contribution in [2.45, 2.75) is 46.0 Å². The van der Waals surface area contributed by atoms with Crippen LogP contribution in [0, 0.1) is 6.92 Å². The minimum Gasteiger partial charge on any atom is -0.256 e. The maximum Gasteiger partial charge on any atom is 0.0741 e. The van der Waals surface area contributed by atoms with E-state index in [1.165, 1.54) is 44.2 Å². The molecule has 144 valence electrons. The third-order valence-corrected chi connectivity index (χ3v) is 6.00. The number of rotatable bonds is 1. The van der Waals surface area contributed by atoms with Gasteiger partial charge in [-0.25, -0.2) is 0 Å². The zero-order valence-electron chi connectivity index (χ0n) is 17.6. The molecule has 2 aromatic carbocycles. The Balaban J connectivity index is 1.75. The first-order chi connectivity index (χ1) is 13.9. The summed E-state index contributed by atoms with van der Waals surface area (Å²) >= 11 is 0. The minimum atomic E-state index is 0.0656. The average molecular weight is 379 g/mol. The van der Waals surface area contributed by atoms with E-state index in [2.05, 4.69) is 76.2 Å². The summed E-state index contributed by atoms with van der Waals surface area (Å²) in [5, 5.41) is 2.61. The van der Waals surface area contributed by atoms with Crippen LogP contribution in [0.25, 0.3) is 33.3 Å². The molecule has 1 aliphatic rings. The monoisotopic (exact) mass is 378 g/mol. The maximum atomic E-state index is 4.85. The topological polar surface area (TPSA) is 25.8 Å². The molecule has 0 bridgehead atoms. The van der Waals surface area contributed by atoms with Crippen molar-refractivity contribution in [3.05, 3.63) is 83.2 Å². The van der Waals surface area contributed by atoms with Crippen LogP contribution in [0.4, 0.5) is 0 Å². The molecule has 4 aromatic rings. The van der Waals surface area contributed by atoms with E-state index in [9.17, 15) is 0 Å². The predicted molar refractivity (Wildman–Crippen MR) is 121 cm³/mol. The first-order valence-corrected chi connectivity index (χ1v) is 10.4. The quantitative estimate of drug-likeness (QED) is 0.370. The highest BCUT2D eigenvalue weighted by Crippen LogP contribution is 2.39. The van der Waals surface area contributed by atoms with Gasteiger partial charge in [-0.1, -0.05) is 51.1 Å². The van der Waals surface area contributed by atoms with Crippen molar-refractivity contribution in [1.29, 1.82) is 0 Å². The summed E-state index contributed by atoms with van der Waals surface area (Å²) < 4.78 is 0. The molecule has 0 amide bonds. The van der Waals surface area contributed by atoms with Gasteiger partial charge < -0.3 is 0 Å². The first-order valence-electron chi connectivity index (χ1n) is 10.4. The van der Waals surface area contributed by atoms with Crippen molar-refractivity contribution in [2.75, 3.05) is 0 Å². The van der Waals surface area contributed by atoms with Crippen LogP contribution in [-0.2, 0) is 18.3 Å². The Kier molecular flexibility index (Phi) is 4.06. The Morgan fingerprint density at radius 2 is 1.69 bits per heavy atom. The molecule has 0 fully saturated rings. The van der Waals surface area contributed by atoms with E-state index in [0.717, 1.165) is 24.2 Å². The number of hydrogen-bond donors (Lipinski definition) is 0. The Labute approximate surface area is 172 Å². The SMILES string of the molecule is Cc1cnc2c(c1)CCc1c-2ccnc1-c1cc(C(C)(C)C)c2ccccc2c1. The molecule has 0 saturated carbocycles. The molecular formula is C27H26N2. The molecule has 2 heteroatoms. The summed E-state index contributed by atoms with van der Waals surface area (Å²) in [5.41, 5.74) is 10.0. The van der Waals surface area contributed by atoms with E-state index in [0.29, 0.717) is 0 Å². The van der Waals surface area contributed by atoms with E-state index in [4.69, 9.17) is 9.97 Å². The fraction of sp³-hybridized carbons (Fsp3) is 0.259. The van der Waals surface area contributed by atoms with Gasteiger partial charge in [0.1, 0.15) is 0 Å². The fourth-order valence-electron chi connectivity index (χ4n) is 4.61. The fourth-order valence-corrected chi connectivity index (χ4v) is 4.61. The van der Waals surface area contributed by atoms with Gasteiger partial charge in [0, 0.05) is 23.5 Å². The van der Waals surface area contributed by atoms with Gasteiger partial charge in [-0.05, 0) is 76.4 Å². The standard InChI is InChI=1S/C27H26N2/c1-17-13-19-9-10-22-23(25(19)29-16-17)11-12-28-26(22)20-14-18-7-5-6-8-21(18)24(15-20)27(2,3)4/h5-8,11-16H,9-10H2,1-4H3. The van der Waals surface area contributed by atoms with Crippen molar-refractivity contribution < 1.29 is 0 Å². The van der Waals surface area contributed by atoms with Gasteiger partial charge in [0.2, 0.25) is 0 Å². The van der Waals surface area contributed by atoms with E-state index in [-0.39, 0.29) is 5.41 Å². The molecular weight excluding hydrogens is 352 g/mol. The Bertz CT molecular complexity index is 1250. The predicted octanol–water partition coefficient (Wildman–Crippen LogP) is 6.67. The summed E-state index contributed by atoms with van der Waals surface area (Å²) in [6, 6.07) is 17.7. The van der Waals surface area contributed by atoms with Crippen LogP contribution in [0.5, 0.6) is 0 Å². The number of benzene rings is 2. The second-order valence-electron chi connectivity index (χ2n) is 9.20. The lowest BCUT2D eigenvalue weighted by molar-refractivity contribution is 0.596. The molecule has 0 atom stereocenters. The van der Waals surface area contributed by atoms with Gasteiger partial charge >= 0.3 is 0 Å². The second-order valence-corrected chi connectivity index (χ2v) is 9.20. The van der Waals surface area contributed by atoms with Crippen LogP contribution in [0.1, 0.15) is 43.0 Å². The van der Waals surface area contributed by atoms with Gasteiger partial charge in [-0.3, -0.25) is 9.97 Å². The van der Waals surface area contributed by atoms with E-state index in [1.54, 1.807) is 0 Å². The Morgan fingerprint density at radius 3 is 2.52 bits per heavy atom. The number of hydrogen-bond acceptors (Lipinski definition) is 2. The van der Waals surface area contributed by atoms with Crippen molar-refractivity contribution in [2.24, 2.45) is 0 Å². The van der Waals surface area contributed by atoms with Gasteiger partial charge in [0.25, 0.3) is 0 Å². The molecule has 0 spiro atoms. The number of aryl methyl sites for hydroxylation is 2. The van der Waals surface area contributed by atoms with Gasteiger partial charge in [0.05, 0.1) is 11.4 Å². The molecule has 2 nitrogen and oxygen atoms in total. The number of pyridine rings is 2. The Hall–Kier alpha value is -3.00. The highest BCUT2D eigenvalue weighted by molar-refractivity contribution is 5.92. The van der Waals surface area contributed by atoms with E-state index in [1.807, 2.05) is 12.4 Å². The third-order valence-electron chi connectivity index (χ3n) is 6.00. The minimum absolute atomic E-state index is 0.0656. The van der Waals surface area contributed by atoms with Crippen LogP contribution in [0.3, 0.4) is 0 Å². The van der Waals surface area contributed by atoms with Crippen LogP contribution in [0.15, 0.2) is 60.9 Å². The van der Waals surface area contributed by atoms with Gasteiger partial charge in [-0.15, -0.1) is 0 Å². The highest BCUT2D eigenvalue weighted by atomic mass is 14.7. The number of fused-ring (bicyclic) bond motifs is 4. The second kappa shape index (κ2) is 6.52. The molecule has 29 heavy (non-hydrogen) atoms. The molecule has 0 unspecified atom stereocenters. The molecule has 0 N–H and O–H groups in total. The highest BCUT2D eigenvalue weighted by Gasteiger charge is 2.23. The first kappa shape index (κ1) is 18.1. The van der Waals surface area contributed by atoms with Gasteiger partial charge in [-0.2, -0.15) is 0 Å². The Morgan fingerprint density at radius 1 is 0.862 bits per heavy atom. The molecule has 0 saturated heterocycles. The van der Waals surface area contributed by atoms with E-state index >= 15 is 0 Å². The molecule has 0 radical (unpaired) electrons. The van der Waals surface area contributed by atoms with Gasteiger partial charge in [0.15, 0.2) is 0 Å². The van der Waals surface area contributed by atoms with Crippen molar-refractivity contribution in [1.82, 2.24) is 9.97 Å². The summed E-state index contributed by atoms with van der Waals surface area (Å²) in [5.74, 6) is 0. The van der Waals surface area contributed by atoms with E-state index < -0.39 is 0 Å². The van der Waals surface area contributed by atoms with Crippen molar-refractivity contribution in [3.8, 4) is 22.5 Å². The normalized spacial score (nSPS) is 13.2. The summed E-state index contributed by atoms with van der Waals surface area (Å²) in [4.78, 5) is 9.63. The lowest BCUT2D eigenvalue weighted by atomic mass is 9.81. The lowest BCUT2D eigenvalue weighted by Gasteiger charge is -2.24. The number of nitrogens with zero attached hydrogens (tertiary/aromatic N) is 2. The largest absolute Gasteiger partial charge is 0.256 e. The molecule has 2 aromatic heterocycles. The average Bonchev–Trinajstić information content (AvgIpc) is 2.71. The van der Waals surface area contributed by atoms with Crippen LogP contribution < -0.4 is 0 Å². The molecule has 1 aliphatic carbocycles. The molecule has 0 aliphatic heterocycles. The third kappa shape index (κ3) is 3.04. The smallest absolute Gasteiger partial charge is 0.0741 e. The van der Waals surface area contributed by atoms with Crippen LogP contribution in [0.2, 0.25) is 0 Å². The molecule has 5 rings (SSSR count). The van der Waals surface area contributed by atoms with Crippen molar-refractivity contribution in [3.63, 3.8) is 0 Å². The van der Waals surface area contributed by atoms with Crippen molar-refractivity contribution >= 4 is 10.8 Å². The lowest BCUT2D eigenvalue weighted by Crippen LogP contribution is -2.12. The summed E-state index contributed by atoms with van der Waals surface area (Å²) in [6.07, 6.45) is 5.95. The van der Waals surface area contributed by atoms with Crippen LogP contribution >= 0.6 is 0 Å². The van der Waals surface area contributed by atoms with Crippen LogP contribution in [-0.4, -0.2) is 9.97 Å². The zero-order chi connectivity index (χ0) is 20.2. The zero-order valence-corrected chi connectivity index (χ0v) is 17.6. The summed E-state index contributed by atoms with van der Waals surface area (Å²) in [7, 11) is 0. The molecule has 2 heterocycles.